The number of benzene rings is 1. The Morgan fingerprint density at radius 1 is 1.15 bits per heavy atom. The maximum absolute atomic E-state index is 13.8. The van der Waals surface area contributed by atoms with Crippen molar-refractivity contribution in [2.45, 2.75) is 64.0 Å². The molecule has 0 radical (unpaired) electrons. The summed E-state index contributed by atoms with van der Waals surface area (Å²) in [5.74, 6) is -3.74. The lowest BCUT2D eigenvalue weighted by molar-refractivity contribution is -0.269. The summed E-state index contributed by atoms with van der Waals surface area (Å²) in [6.07, 6.45) is -5.09. The molecule has 1 aromatic carbocycles. The van der Waals surface area contributed by atoms with Gasteiger partial charge in [0, 0.05) is 23.8 Å². The monoisotopic (exact) mass is 468 g/mol. The Kier molecular flexibility index (Phi) is 7.02. The van der Waals surface area contributed by atoms with Crippen molar-refractivity contribution in [2.24, 2.45) is 17.8 Å². The predicted molar refractivity (Wildman–Crippen MR) is 111 cm³/mol. The second kappa shape index (κ2) is 9.29. The van der Waals surface area contributed by atoms with E-state index in [0.29, 0.717) is 12.0 Å². The first-order valence-electron chi connectivity index (χ1n) is 10.8. The molecule has 1 aliphatic heterocycles. The van der Waals surface area contributed by atoms with Crippen LogP contribution in [0.15, 0.2) is 42.0 Å². The molecular formula is C24H27F3O6. The summed E-state index contributed by atoms with van der Waals surface area (Å²) >= 11 is 0. The summed E-state index contributed by atoms with van der Waals surface area (Å²) < 4.78 is 52.1. The molecule has 33 heavy (non-hydrogen) atoms. The van der Waals surface area contributed by atoms with E-state index in [4.69, 9.17) is 9.47 Å². The molecule has 6 nitrogen and oxygen atoms in total. The predicted octanol–water partition coefficient (Wildman–Crippen LogP) is 3.86. The first-order chi connectivity index (χ1) is 15.4. The van der Waals surface area contributed by atoms with Gasteiger partial charge in [-0.1, -0.05) is 50.3 Å². The van der Waals surface area contributed by atoms with Crippen molar-refractivity contribution in [3.8, 4) is 0 Å². The first-order valence-corrected chi connectivity index (χ1v) is 10.8. The van der Waals surface area contributed by atoms with Gasteiger partial charge in [0.25, 0.3) is 5.60 Å². The molecule has 9 heteroatoms. The van der Waals surface area contributed by atoms with E-state index in [2.05, 4.69) is 0 Å². The third-order valence-electron chi connectivity index (χ3n) is 6.65. The van der Waals surface area contributed by atoms with E-state index in [9.17, 15) is 32.7 Å². The molecule has 1 fully saturated rings. The molecule has 2 aliphatic rings. The fourth-order valence-electron chi connectivity index (χ4n) is 4.32. The van der Waals surface area contributed by atoms with Gasteiger partial charge in [0.05, 0.1) is 5.92 Å². The summed E-state index contributed by atoms with van der Waals surface area (Å²) in [5.41, 5.74) is -4.19. The number of allylic oxidation sites excluding steroid dienone is 1. The molecule has 0 amide bonds. The van der Waals surface area contributed by atoms with E-state index in [1.165, 1.54) is 18.2 Å². The van der Waals surface area contributed by atoms with E-state index < -0.39 is 47.4 Å². The molecule has 180 valence electrons. The highest BCUT2D eigenvalue weighted by Crippen LogP contribution is 2.41. The van der Waals surface area contributed by atoms with E-state index >= 15 is 0 Å². The van der Waals surface area contributed by atoms with Gasteiger partial charge in [-0.25, -0.2) is 4.79 Å². The van der Waals surface area contributed by atoms with Crippen LogP contribution in [0.5, 0.6) is 0 Å². The van der Waals surface area contributed by atoms with Crippen molar-refractivity contribution < 1.29 is 42.1 Å². The number of rotatable bonds is 3. The Morgan fingerprint density at radius 3 is 2.39 bits per heavy atom. The molecule has 1 aliphatic carbocycles. The minimum atomic E-state index is -5.35. The lowest BCUT2D eigenvalue weighted by Crippen LogP contribution is -2.51. The fourth-order valence-corrected chi connectivity index (χ4v) is 4.32. The topological polar surface area (TPSA) is 89.9 Å². The first kappa shape index (κ1) is 25.0. The lowest BCUT2D eigenvalue weighted by Gasteiger charge is -2.31. The zero-order valence-corrected chi connectivity index (χ0v) is 18.6. The number of aliphatic hydroxyl groups is 1. The van der Waals surface area contributed by atoms with Gasteiger partial charge in [-0.15, -0.1) is 0 Å². The molecule has 0 unspecified atom stereocenters. The zero-order chi connectivity index (χ0) is 24.6. The highest BCUT2D eigenvalue weighted by atomic mass is 19.4. The van der Waals surface area contributed by atoms with Crippen LogP contribution in [0, 0.1) is 17.8 Å². The number of Topliss-reactive ketones (excluding diaryl/α,β-unsaturated/α-hetero) is 1. The Morgan fingerprint density at radius 2 is 1.79 bits per heavy atom. The molecule has 0 bridgehead atoms. The smallest absolute Gasteiger partial charge is 0.432 e. The molecule has 3 rings (SSSR count). The second-order valence-corrected chi connectivity index (χ2v) is 8.89. The van der Waals surface area contributed by atoms with Crippen molar-refractivity contribution in [3.63, 3.8) is 0 Å². The van der Waals surface area contributed by atoms with Gasteiger partial charge in [0.15, 0.2) is 0 Å². The number of ether oxygens (including phenoxy) is 2. The third kappa shape index (κ3) is 4.83. The summed E-state index contributed by atoms with van der Waals surface area (Å²) in [5, 5.41) is 10.5. The average molecular weight is 468 g/mol. The number of fused-ring (bicyclic) bond motifs is 1. The van der Waals surface area contributed by atoms with Crippen molar-refractivity contribution in [1.82, 2.24) is 0 Å². The Hall–Kier alpha value is -2.68. The summed E-state index contributed by atoms with van der Waals surface area (Å²) in [4.78, 5) is 37.6. The molecule has 1 N–H and O–H groups in total. The van der Waals surface area contributed by atoms with E-state index in [1.54, 1.807) is 26.8 Å². The van der Waals surface area contributed by atoms with Gasteiger partial charge < -0.3 is 14.6 Å². The number of carbonyl (C=O) groups is 3. The lowest BCUT2D eigenvalue weighted by atomic mass is 9.81. The largest absolute Gasteiger partial charge is 0.462 e. The summed E-state index contributed by atoms with van der Waals surface area (Å²) in [7, 11) is 0. The van der Waals surface area contributed by atoms with Crippen LogP contribution in [0.3, 0.4) is 0 Å². The van der Waals surface area contributed by atoms with Gasteiger partial charge in [-0.2, -0.15) is 13.2 Å². The van der Waals surface area contributed by atoms with Crippen LogP contribution in [0.2, 0.25) is 0 Å². The average Bonchev–Trinajstić information content (AvgIpc) is 3.02. The van der Waals surface area contributed by atoms with E-state index in [-0.39, 0.29) is 30.5 Å². The van der Waals surface area contributed by atoms with Crippen LogP contribution >= 0.6 is 0 Å². The highest BCUT2D eigenvalue weighted by molar-refractivity contribution is 5.85. The Balaban J connectivity index is 1.92. The Labute approximate surface area is 189 Å². The number of ketones is 1. The summed E-state index contributed by atoms with van der Waals surface area (Å²) in [6.45, 7) is 4.92. The number of hydrogen-bond acceptors (Lipinski definition) is 6. The summed E-state index contributed by atoms with van der Waals surface area (Å²) in [6, 6.07) is 5.95. The van der Waals surface area contributed by atoms with Gasteiger partial charge in [0.1, 0.15) is 18.0 Å². The van der Waals surface area contributed by atoms with Crippen LogP contribution in [-0.4, -0.2) is 41.2 Å². The third-order valence-corrected chi connectivity index (χ3v) is 6.65. The molecule has 1 heterocycles. The number of esters is 2. The maximum Gasteiger partial charge on any atom is 0.432 e. The van der Waals surface area contributed by atoms with Gasteiger partial charge in [0.2, 0.25) is 0 Å². The Bertz CT molecular complexity index is 941. The minimum absolute atomic E-state index is 0.200. The molecule has 6 atom stereocenters. The van der Waals surface area contributed by atoms with E-state index in [0.717, 1.165) is 12.1 Å². The van der Waals surface area contributed by atoms with Crippen molar-refractivity contribution >= 4 is 17.7 Å². The molecular weight excluding hydrogens is 441 g/mol. The molecule has 1 aromatic rings. The second-order valence-electron chi connectivity index (χ2n) is 8.89. The van der Waals surface area contributed by atoms with Crippen LogP contribution in [0.1, 0.15) is 45.6 Å². The zero-order valence-electron chi connectivity index (χ0n) is 18.6. The van der Waals surface area contributed by atoms with Crippen molar-refractivity contribution in [2.75, 3.05) is 0 Å². The van der Waals surface area contributed by atoms with Gasteiger partial charge in [-0.3, -0.25) is 9.59 Å². The molecule has 0 saturated carbocycles. The number of alkyl halides is 3. The van der Waals surface area contributed by atoms with Crippen LogP contribution in [0.25, 0.3) is 0 Å². The molecule has 0 spiro atoms. The number of halogens is 3. The maximum atomic E-state index is 13.8. The SMILES string of the molecule is C/C1=C/C[C@H]2[C@H](C)C(=O)O[C@@H]2C[C@H](C)C(=O)C[C@@H]1OC(=O)[C@](O)(c1ccccc1)C(F)(F)F. The van der Waals surface area contributed by atoms with Gasteiger partial charge >= 0.3 is 18.1 Å². The van der Waals surface area contributed by atoms with Crippen molar-refractivity contribution in [3.05, 3.63) is 47.5 Å². The van der Waals surface area contributed by atoms with Gasteiger partial charge in [-0.05, 0) is 25.3 Å². The fraction of sp³-hybridized carbons (Fsp3) is 0.542. The molecule has 1 saturated heterocycles. The van der Waals surface area contributed by atoms with Crippen LogP contribution < -0.4 is 0 Å². The molecule has 0 aromatic heterocycles. The standard InChI is InChI=1S/C24H27F3O6/c1-13-9-10-17-15(3)21(29)32-20(17)11-14(2)18(28)12-19(13)33-22(30)23(31,24(25,26)27)16-7-5-4-6-8-16/h4-9,14-15,17,19-20,31H,10-12H2,1-3H3/b13-9-/t14-,15-,17-,19-,20+,23+/m0/s1. The number of carbonyl (C=O) groups excluding carboxylic acids is 3. The highest BCUT2D eigenvalue weighted by Gasteiger charge is 2.62. The van der Waals surface area contributed by atoms with Crippen LogP contribution in [-0.2, 0) is 29.5 Å². The quantitative estimate of drug-likeness (QED) is 0.535. The minimum Gasteiger partial charge on any atom is -0.462 e. The number of hydrogen-bond donors (Lipinski definition) is 1. The normalized spacial score (nSPS) is 32.1. The van der Waals surface area contributed by atoms with Crippen LogP contribution in [0.4, 0.5) is 13.2 Å². The van der Waals surface area contributed by atoms with E-state index in [1.807, 2.05) is 0 Å². The van der Waals surface area contributed by atoms with Crippen molar-refractivity contribution in [1.29, 1.82) is 0 Å².